The molecule has 5 atom stereocenters. The number of nitrogens with one attached hydrogen (secondary N) is 4. The van der Waals surface area contributed by atoms with Gasteiger partial charge in [0.05, 0.1) is 12.6 Å². The van der Waals surface area contributed by atoms with Crippen molar-refractivity contribution in [2.75, 3.05) is 13.1 Å². The van der Waals surface area contributed by atoms with Crippen LogP contribution >= 0.6 is 0 Å². The van der Waals surface area contributed by atoms with Crippen LogP contribution in [0.4, 0.5) is 0 Å². The highest BCUT2D eigenvalue weighted by Gasteiger charge is 2.32. The molecule has 0 heterocycles. The number of aliphatic carboxylic acids is 1. The molecule has 0 spiro atoms. The van der Waals surface area contributed by atoms with Crippen LogP contribution in [-0.4, -0.2) is 83.6 Å². The fourth-order valence-electron chi connectivity index (χ4n) is 2.86. The first kappa shape index (κ1) is 30.6. The van der Waals surface area contributed by atoms with Gasteiger partial charge in [-0.3, -0.25) is 19.7 Å². The van der Waals surface area contributed by atoms with E-state index in [1.165, 1.54) is 6.92 Å². The molecule has 0 radical (unpaired) electrons. The van der Waals surface area contributed by atoms with E-state index in [0.717, 1.165) is 0 Å². The minimum absolute atomic E-state index is 0.188. The Labute approximate surface area is 193 Å². The number of hydrogen-bond donors (Lipinski definition) is 10. The van der Waals surface area contributed by atoms with Crippen molar-refractivity contribution in [2.45, 2.75) is 82.5 Å². The minimum atomic E-state index is -1.42. The number of carboxylic acid groups (broad SMARTS) is 1. The average molecular weight is 479 g/mol. The number of nitrogens with two attached hydrogens (primary N) is 2. The smallest absolute Gasteiger partial charge is 0.326 e. The fourth-order valence-corrected chi connectivity index (χ4v) is 2.86. The average Bonchev–Trinajstić information content (AvgIpc) is 2.72. The number of unbranched alkanes of at least 4 members (excludes halogenated alkanes) is 1. The van der Waals surface area contributed by atoms with Crippen LogP contribution in [0.25, 0.3) is 0 Å². The third kappa shape index (κ3) is 13.1. The van der Waals surface area contributed by atoms with Gasteiger partial charge >= 0.3 is 5.97 Å². The summed E-state index contributed by atoms with van der Waals surface area (Å²) < 4.78 is 0. The molecule has 0 aromatic heterocycles. The second-order valence-corrected chi connectivity index (χ2v) is 8.06. The van der Waals surface area contributed by atoms with Crippen LogP contribution in [0.15, 0.2) is 0 Å². The van der Waals surface area contributed by atoms with Crippen molar-refractivity contribution >= 4 is 23.7 Å². The van der Waals surface area contributed by atoms with E-state index in [-0.39, 0.29) is 12.8 Å². The molecule has 33 heavy (non-hydrogen) atoms. The molecule has 0 bridgehead atoms. The molecule has 0 saturated heterocycles. The van der Waals surface area contributed by atoms with Crippen LogP contribution in [0.1, 0.15) is 46.0 Å². The first-order valence-electron chi connectivity index (χ1n) is 11.1. The van der Waals surface area contributed by atoms with Crippen molar-refractivity contribution < 1.29 is 40.9 Å². The summed E-state index contributed by atoms with van der Waals surface area (Å²) >= 11 is 0. The Kier molecular flexibility index (Phi) is 15.1. The van der Waals surface area contributed by atoms with Crippen molar-refractivity contribution in [1.29, 1.82) is 0 Å². The summed E-state index contributed by atoms with van der Waals surface area (Å²) in [5.41, 5.74) is 18.1. The number of carbonyl (C=O) groups excluding carboxylic acids is 3. The first-order chi connectivity index (χ1) is 15.4. The Morgan fingerprint density at radius 2 is 1.45 bits per heavy atom. The van der Waals surface area contributed by atoms with E-state index in [9.17, 15) is 29.4 Å². The molecule has 0 fully saturated rings. The zero-order valence-electron chi connectivity index (χ0n) is 19.5. The van der Waals surface area contributed by atoms with Crippen molar-refractivity contribution in [2.24, 2.45) is 11.5 Å². The molecule has 0 aliphatic rings. The minimum Gasteiger partial charge on any atom is -0.480 e. The van der Waals surface area contributed by atoms with E-state index in [1.54, 1.807) is 6.92 Å². The van der Waals surface area contributed by atoms with Gasteiger partial charge in [-0.05, 0) is 52.5 Å². The van der Waals surface area contributed by atoms with Crippen molar-refractivity contribution in [3.63, 3.8) is 0 Å². The normalized spacial score (nSPS) is 15.8. The third-order valence-electron chi connectivity index (χ3n) is 4.80. The lowest BCUT2D eigenvalue weighted by Gasteiger charge is -2.26. The number of aliphatic hydroxyl groups excluding tert-OH is 1. The van der Waals surface area contributed by atoms with Gasteiger partial charge in [-0.15, -0.1) is 0 Å². The Hall–Kier alpha value is -2.36. The second kappa shape index (κ2) is 16.3. The summed E-state index contributed by atoms with van der Waals surface area (Å²) in [6.07, 6.45) is 0.00701. The van der Waals surface area contributed by atoms with Gasteiger partial charge in [0, 0.05) is 0 Å². The Morgan fingerprint density at radius 3 is 1.94 bits per heavy atom. The molecule has 0 aliphatic heterocycles. The van der Waals surface area contributed by atoms with Crippen LogP contribution < -0.4 is 44.2 Å². The summed E-state index contributed by atoms with van der Waals surface area (Å²) in [7, 11) is 0. The van der Waals surface area contributed by atoms with Gasteiger partial charge in [0.1, 0.15) is 24.4 Å². The number of aliphatic hydroxyl groups is 1. The molecule has 3 amide bonds. The Bertz CT molecular complexity index is 631. The maximum Gasteiger partial charge on any atom is 0.326 e. The van der Waals surface area contributed by atoms with E-state index in [2.05, 4.69) is 32.7 Å². The predicted molar refractivity (Wildman–Crippen MR) is 118 cm³/mol. The molecule has 0 aromatic carbocycles. The number of carboxylic acids is 1. The van der Waals surface area contributed by atoms with Crippen molar-refractivity contribution in [1.82, 2.24) is 21.3 Å². The number of hydrogen-bond acceptors (Lipinski definition) is 8. The molecule has 14 heteroatoms. The lowest BCUT2D eigenvalue weighted by molar-refractivity contribution is -0.398. The highest BCUT2D eigenvalue weighted by Crippen LogP contribution is 2.05. The van der Waals surface area contributed by atoms with Gasteiger partial charge in [-0.25, -0.2) is 4.79 Å². The van der Waals surface area contributed by atoms with Gasteiger partial charge in [0.25, 0.3) is 5.91 Å². The van der Waals surface area contributed by atoms with E-state index in [4.69, 9.17) is 11.5 Å². The molecule has 192 valence electrons. The van der Waals surface area contributed by atoms with Gasteiger partial charge in [0.2, 0.25) is 11.8 Å². The summed E-state index contributed by atoms with van der Waals surface area (Å²) in [6, 6.07) is -4.23. The molecule has 14 nitrogen and oxygen atoms in total. The molecule has 0 aromatic rings. The zero-order valence-corrected chi connectivity index (χ0v) is 19.5. The highest BCUT2D eigenvalue weighted by molar-refractivity contribution is 5.94. The number of rotatable bonds is 17. The van der Waals surface area contributed by atoms with Gasteiger partial charge in [0.15, 0.2) is 6.04 Å². The summed E-state index contributed by atoms with van der Waals surface area (Å²) in [6.45, 7) is 3.87. The lowest BCUT2D eigenvalue weighted by Crippen LogP contribution is -2.67. The molecule has 0 saturated carbocycles. The zero-order chi connectivity index (χ0) is 25.6. The quantitative estimate of drug-likeness (QED) is 0.0704. The molecule has 0 rings (SSSR count). The Morgan fingerprint density at radius 1 is 0.879 bits per heavy atom. The summed E-state index contributed by atoms with van der Waals surface area (Å²) in [4.78, 5) is 49.1. The highest BCUT2D eigenvalue weighted by atomic mass is 16.4. The SMILES string of the molecule is C[C@H]([NH3+])C(=O)N[C@@H](CCCNC(N)N)C(=O)N[C@H](C(=O)N[C@@H](CCCC[NH3+])C(=O)O)[C@@H](C)O. The Balaban J connectivity index is 5.27. The third-order valence-corrected chi connectivity index (χ3v) is 4.80. The standard InChI is InChI=1S/C19H40N8O6/c1-10(21)15(29)25-12(7-5-9-24-19(22)23)16(30)27-14(11(2)28)17(31)26-13(18(32)33)6-3-4-8-20/h10-14,19,24,28H,3-9,20-23H2,1-2H3,(H,25,29)(H,26,31)(H,27,30)(H,32,33)/p+2/t10-,11+,12-,13-,14-/m0/s1. The topological polar surface area (TPSA) is 264 Å². The van der Waals surface area contributed by atoms with Gasteiger partial charge in [-0.2, -0.15) is 0 Å². The maximum absolute atomic E-state index is 12.8. The molecular weight excluding hydrogens is 436 g/mol. The largest absolute Gasteiger partial charge is 0.480 e. The number of carbonyl (C=O) groups is 4. The van der Waals surface area contributed by atoms with E-state index >= 15 is 0 Å². The maximum atomic E-state index is 12.8. The number of quaternary nitrogens is 2. The van der Waals surface area contributed by atoms with Crippen LogP contribution in [-0.2, 0) is 19.2 Å². The van der Waals surface area contributed by atoms with E-state index in [0.29, 0.717) is 32.4 Å². The van der Waals surface area contributed by atoms with Crippen LogP contribution in [0.5, 0.6) is 0 Å². The van der Waals surface area contributed by atoms with E-state index < -0.39 is 60.3 Å². The van der Waals surface area contributed by atoms with Crippen LogP contribution in [0, 0.1) is 0 Å². The predicted octanol–water partition coefficient (Wildman–Crippen LogP) is -5.48. The molecule has 16 N–H and O–H groups in total. The fraction of sp³-hybridized carbons (Fsp3) is 0.789. The molecular formula is C19H42N8O6+2. The number of amides is 3. The first-order valence-corrected chi connectivity index (χ1v) is 11.1. The van der Waals surface area contributed by atoms with Gasteiger partial charge in [-0.1, -0.05) is 0 Å². The van der Waals surface area contributed by atoms with Crippen molar-refractivity contribution in [3.05, 3.63) is 0 Å². The second-order valence-electron chi connectivity index (χ2n) is 8.06. The monoisotopic (exact) mass is 478 g/mol. The summed E-state index contributed by atoms with van der Waals surface area (Å²) in [5, 5.41) is 29.5. The molecule has 0 unspecified atom stereocenters. The lowest BCUT2D eigenvalue weighted by atomic mass is 10.1. The van der Waals surface area contributed by atoms with Crippen molar-refractivity contribution in [3.8, 4) is 0 Å². The molecule has 0 aliphatic carbocycles. The van der Waals surface area contributed by atoms with Gasteiger partial charge < -0.3 is 49.1 Å². The van der Waals surface area contributed by atoms with E-state index in [1.807, 2.05) is 0 Å². The summed E-state index contributed by atoms with van der Waals surface area (Å²) in [5.74, 6) is -3.23. The van der Waals surface area contributed by atoms with Crippen LogP contribution in [0.2, 0.25) is 0 Å². The van der Waals surface area contributed by atoms with Crippen LogP contribution in [0.3, 0.4) is 0 Å².